The minimum atomic E-state index is -1.33. The summed E-state index contributed by atoms with van der Waals surface area (Å²) in [6.07, 6.45) is -0.985. The van der Waals surface area contributed by atoms with Gasteiger partial charge in [0.1, 0.15) is 5.82 Å². The van der Waals surface area contributed by atoms with Crippen molar-refractivity contribution in [3.63, 3.8) is 0 Å². The number of aromatic nitrogens is 3. The Morgan fingerprint density at radius 3 is 2.85 bits per heavy atom. The largest absolute Gasteiger partial charge is 0.378 e. The van der Waals surface area contributed by atoms with E-state index in [4.69, 9.17) is 11.6 Å². The second-order valence-electron chi connectivity index (χ2n) is 4.09. The minimum Gasteiger partial charge on any atom is -0.378 e. The highest BCUT2D eigenvalue weighted by molar-refractivity contribution is 6.31. The van der Waals surface area contributed by atoms with Gasteiger partial charge in [-0.1, -0.05) is 29.8 Å². The van der Waals surface area contributed by atoms with Gasteiger partial charge in [0, 0.05) is 23.6 Å². The number of benzene rings is 1. The number of H-pyrrole nitrogens is 2. The summed E-state index contributed by atoms with van der Waals surface area (Å²) >= 11 is 5.90. The number of aromatic amines is 2. The van der Waals surface area contributed by atoms with E-state index in [1.807, 2.05) is 0 Å². The normalized spacial score (nSPS) is 12.1. The molecule has 0 spiro atoms. The van der Waals surface area contributed by atoms with E-state index in [9.17, 15) is 14.7 Å². The lowest BCUT2D eigenvalue weighted by molar-refractivity contribution is -0.129. The predicted molar refractivity (Wildman–Crippen MR) is 72.3 cm³/mol. The molecule has 0 unspecified atom stereocenters. The lowest BCUT2D eigenvalue weighted by Gasteiger charge is -2.12. The van der Waals surface area contributed by atoms with Gasteiger partial charge in [0.25, 0.3) is 5.91 Å². The molecule has 1 heterocycles. The number of nitrogens with one attached hydrogen (secondary N) is 3. The summed E-state index contributed by atoms with van der Waals surface area (Å²) in [5.74, 6) is -0.126. The Bertz CT molecular complexity index is 652. The monoisotopic (exact) mass is 296 g/mol. The molecule has 2 rings (SSSR count). The Hall–Kier alpha value is -2.12. The fourth-order valence-corrected chi connectivity index (χ4v) is 1.90. The summed E-state index contributed by atoms with van der Waals surface area (Å²) in [6, 6.07) is 6.58. The van der Waals surface area contributed by atoms with Crippen LogP contribution in [0.2, 0.25) is 5.02 Å². The lowest BCUT2D eigenvalue weighted by atomic mass is 10.1. The van der Waals surface area contributed by atoms with Crippen LogP contribution in [0.3, 0.4) is 0 Å². The maximum atomic E-state index is 11.8. The fraction of sp³-hybridized carbons (Fsp3) is 0.250. The number of nitrogens with zero attached hydrogens (tertiary/aromatic N) is 1. The number of hydrogen-bond donors (Lipinski definition) is 4. The number of aliphatic hydroxyl groups excluding tert-OH is 1. The fourth-order valence-electron chi connectivity index (χ4n) is 1.66. The van der Waals surface area contributed by atoms with Crippen molar-refractivity contribution in [2.24, 2.45) is 0 Å². The summed E-state index contributed by atoms with van der Waals surface area (Å²) in [5.41, 5.74) is -0.0535. The molecule has 1 amide bonds. The molecule has 0 aliphatic carbocycles. The summed E-state index contributed by atoms with van der Waals surface area (Å²) in [5, 5.41) is 18.7. The average molecular weight is 297 g/mol. The van der Waals surface area contributed by atoms with Gasteiger partial charge in [0.2, 0.25) is 0 Å². The van der Waals surface area contributed by atoms with Crippen LogP contribution in [-0.4, -0.2) is 32.7 Å². The van der Waals surface area contributed by atoms with Gasteiger partial charge < -0.3 is 10.4 Å². The molecule has 0 fully saturated rings. The van der Waals surface area contributed by atoms with Crippen molar-refractivity contribution < 1.29 is 9.90 Å². The van der Waals surface area contributed by atoms with Crippen LogP contribution in [0.25, 0.3) is 0 Å². The van der Waals surface area contributed by atoms with Crippen molar-refractivity contribution in [3.8, 4) is 0 Å². The molecule has 4 N–H and O–H groups in total. The summed E-state index contributed by atoms with van der Waals surface area (Å²) < 4.78 is 0. The number of hydrogen-bond acceptors (Lipinski definition) is 4. The summed E-state index contributed by atoms with van der Waals surface area (Å²) in [4.78, 5) is 25.0. The zero-order valence-corrected chi connectivity index (χ0v) is 11.1. The second-order valence-corrected chi connectivity index (χ2v) is 4.50. The van der Waals surface area contributed by atoms with E-state index in [-0.39, 0.29) is 6.54 Å². The predicted octanol–water partition coefficient (Wildman–Crippen LogP) is 0.144. The number of carbonyl (C=O) groups excluding carboxylic acids is 1. The van der Waals surface area contributed by atoms with Gasteiger partial charge in [-0.15, -0.1) is 0 Å². The molecule has 0 bridgehead atoms. The van der Waals surface area contributed by atoms with Gasteiger partial charge in [-0.25, -0.2) is 9.89 Å². The number of halogens is 1. The first-order valence-electron chi connectivity index (χ1n) is 5.91. The van der Waals surface area contributed by atoms with Crippen molar-refractivity contribution >= 4 is 17.5 Å². The van der Waals surface area contributed by atoms with Gasteiger partial charge in [-0.2, -0.15) is 5.10 Å². The average Bonchev–Trinajstić information content (AvgIpc) is 2.84. The van der Waals surface area contributed by atoms with Crippen molar-refractivity contribution in [1.29, 1.82) is 0 Å². The van der Waals surface area contributed by atoms with Crippen LogP contribution in [0.5, 0.6) is 0 Å². The van der Waals surface area contributed by atoms with Crippen molar-refractivity contribution in [1.82, 2.24) is 20.5 Å². The molecule has 1 aromatic heterocycles. The topological polar surface area (TPSA) is 111 Å². The third-order valence-electron chi connectivity index (χ3n) is 2.66. The maximum absolute atomic E-state index is 11.8. The van der Waals surface area contributed by atoms with Crippen LogP contribution in [0, 0.1) is 0 Å². The highest BCUT2D eigenvalue weighted by atomic mass is 35.5. The summed E-state index contributed by atoms with van der Waals surface area (Å²) in [6.45, 7) is 0.237. The molecule has 7 nitrogen and oxygen atoms in total. The molecule has 0 aliphatic heterocycles. The molecular weight excluding hydrogens is 284 g/mol. The van der Waals surface area contributed by atoms with Gasteiger partial charge in [-0.3, -0.25) is 9.78 Å². The van der Waals surface area contributed by atoms with Crippen molar-refractivity contribution in [3.05, 3.63) is 51.2 Å². The Morgan fingerprint density at radius 1 is 1.45 bits per heavy atom. The third kappa shape index (κ3) is 3.46. The van der Waals surface area contributed by atoms with Crippen LogP contribution in [0.4, 0.5) is 0 Å². The molecule has 0 radical (unpaired) electrons. The van der Waals surface area contributed by atoms with Crippen molar-refractivity contribution in [2.75, 3.05) is 6.54 Å². The van der Waals surface area contributed by atoms with E-state index in [0.717, 1.165) is 0 Å². The first kappa shape index (κ1) is 14.3. The van der Waals surface area contributed by atoms with E-state index in [1.54, 1.807) is 24.3 Å². The third-order valence-corrected chi connectivity index (χ3v) is 3.00. The highest BCUT2D eigenvalue weighted by Gasteiger charge is 2.19. The van der Waals surface area contributed by atoms with Crippen LogP contribution in [0.1, 0.15) is 17.5 Å². The Morgan fingerprint density at radius 2 is 2.20 bits per heavy atom. The minimum absolute atomic E-state index is 0.237. The van der Waals surface area contributed by atoms with Crippen LogP contribution in [-0.2, 0) is 11.2 Å². The van der Waals surface area contributed by atoms with Crippen LogP contribution < -0.4 is 11.0 Å². The van der Waals surface area contributed by atoms with Gasteiger partial charge in [0.15, 0.2) is 6.10 Å². The lowest BCUT2D eigenvalue weighted by Crippen LogP contribution is -2.31. The zero-order chi connectivity index (χ0) is 14.5. The molecular formula is C12H13ClN4O3. The van der Waals surface area contributed by atoms with Crippen LogP contribution >= 0.6 is 11.6 Å². The molecule has 8 heteroatoms. The van der Waals surface area contributed by atoms with Crippen molar-refractivity contribution in [2.45, 2.75) is 12.5 Å². The molecule has 1 atom stereocenters. The number of aliphatic hydroxyl groups is 1. The standard InChI is InChI=1S/C12H13ClN4O3/c13-8-4-2-1-3-7(8)10(18)11(19)14-6-5-9-15-12(20)17-16-9/h1-4,10,18H,5-6H2,(H,14,19)(H2,15,16,17,20)/t10-/m0/s1. The molecule has 0 saturated heterocycles. The van der Waals surface area contributed by atoms with E-state index >= 15 is 0 Å². The molecule has 0 saturated carbocycles. The summed E-state index contributed by atoms with van der Waals surface area (Å²) in [7, 11) is 0. The zero-order valence-electron chi connectivity index (χ0n) is 10.4. The quantitative estimate of drug-likeness (QED) is 0.629. The van der Waals surface area contributed by atoms with E-state index in [1.165, 1.54) is 0 Å². The molecule has 0 aliphatic rings. The Balaban J connectivity index is 1.88. The number of carbonyl (C=O) groups is 1. The first-order chi connectivity index (χ1) is 9.58. The maximum Gasteiger partial charge on any atom is 0.340 e. The Labute approximate surface area is 119 Å². The van der Waals surface area contributed by atoms with Gasteiger partial charge >= 0.3 is 5.69 Å². The Kier molecular flexibility index (Phi) is 4.54. The van der Waals surface area contributed by atoms with E-state index in [0.29, 0.717) is 22.8 Å². The molecule has 20 heavy (non-hydrogen) atoms. The first-order valence-corrected chi connectivity index (χ1v) is 6.29. The van der Waals surface area contributed by atoms with E-state index in [2.05, 4.69) is 20.5 Å². The van der Waals surface area contributed by atoms with Gasteiger partial charge in [0.05, 0.1) is 0 Å². The highest BCUT2D eigenvalue weighted by Crippen LogP contribution is 2.22. The molecule has 106 valence electrons. The second kappa shape index (κ2) is 6.36. The SMILES string of the molecule is O=C(NCCc1n[nH]c(=O)[nH]1)[C@@H](O)c1ccccc1Cl. The molecule has 1 aromatic carbocycles. The smallest absolute Gasteiger partial charge is 0.340 e. The van der Waals surface area contributed by atoms with E-state index < -0.39 is 17.7 Å². The number of amides is 1. The number of rotatable bonds is 5. The van der Waals surface area contributed by atoms with Crippen LogP contribution in [0.15, 0.2) is 29.1 Å². The van der Waals surface area contributed by atoms with Gasteiger partial charge in [-0.05, 0) is 6.07 Å². The molecule has 2 aromatic rings.